The molecule has 3 aromatic heterocycles. The van der Waals surface area contributed by atoms with Gasteiger partial charge in [-0.3, -0.25) is 4.98 Å². The molecule has 0 bridgehead atoms. The van der Waals surface area contributed by atoms with Crippen LogP contribution in [0.25, 0.3) is 11.4 Å². The zero-order chi connectivity index (χ0) is 17.8. The number of aromatic nitrogens is 5. The van der Waals surface area contributed by atoms with Crippen LogP contribution in [-0.4, -0.2) is 45.1 Å². The second kappa shape index (κ2) is 7.53. The molecule has 3 aromatic rings. The number of anilines is 1. The molecule has 7 heteroatoms. The van der Waals surface area contributed by atoms with Gasteiger partial charge >= 0.3 is 0 Å². The fourth-order valence-corrected chi connectivity index (χ4v) is 3.19. The molecule has 0 saturated carbocycles. The molecule has 0 unspecified atom stereocenters. The van der Waals surface area contributed by atoms with Crippen molar-refractivity contribution in [1.29, 1.82) is 0 Å². The maximum absolute atomic E-state index is 4.90. The molecular formula is C19H21N7. The number of nitrogens with zero attached hydrogens (tertiary/aromatic N) is 6. The molecule has 0 spiro atoms. The Hall–Kier alpha value is -2.93. The fraction of sp³-hybridized carbons (Fsp3) is 0.316. The molecule has 0 saturated heterocycles. The van der Waals surface area contributed by atoms with Gasteiger partial charge in [0, 0.05) is 49.7 Å². The quantitative estimate of drug-likeness (QED) is 0.769. The number of fused-ring (bicyclic) bond motifs is 1. The monoisotopic (exact) mass is 347 g/mol. The molecule has 0 atom stereocenters. The third kappa shape index (κ3) is 3.52. The third-order valence-electron chi connectivity index (χ3n) is 4.48. The van der Waals surface area contributed by atoms with E-state index in [1.807, 2.05) is 24.4 Å². The lowest BCUT2D eigenvalue weighted by Gasteiger charge is -2.22. The van der Waals surface area contributed by atoms with Crippen LogP contribution in [-0.2, 0) is 19.4 Å². The molecule has 1 N–H and O–H groups in total. The predicted octanol–water partition coefficient (Wildman–Crippen LogP) is 1.65. The summed E-state index contributed by atoms with van der Waals surface area (Å²) in [6.45, 7) is 2.55. The molecule has 7 nitrogen and oxygen atoms in total. The number of nitrogens with one attached hydrogen (secondary N) is 1. The van der Waals surface area contributed by atoms with Crippen LogP contribution >= 0.6 is 0 Å². The number of hydrogen-bond acceptors (Lipinski definition) is 7. The molecule has 4 heterocycles. The van der Waals surface area contributed by atoms with Gasteiger partial charge in [-0.2, -0.15) is 0 Å². The van der Waals surface area contributed by atoms with Gasteiger partial charge in [0.2, 0.25) is 0 Å². The second-order valence-corrected chi connectivity index (χ2v) is 6.34. The van der Waals surface area contributed by atoms with E-state index >= 15 is 0 Å². The van der Waals surface area contributed by atoms with E-state index in [2.05, 4.69) is 32.2 Å². The largest absolute Gasteiger partial charge is 0.353 e. The summed E-state index contributed by atoms with van der Waals surface area (Å²) >= 11 is 0. The Bertz CT molecular complexity index is 868. The molecule has 0 amide bonds. The van der Waals surface area contributed by atoms with Crippen molar-refractivity contribution in [2.24, 2.45) is 0 Å². The zero-order valence-electron chi connectivity index (χ0n) is 14.8. The van der Waals surface area contributed by atoms with Crippen molar-refractivity contribution < 1.29 is 0 Å². The van der Waals surface area contributed by atoms with E-state index in [0.717, 1.165) is 54.5 Å². The fourth-order valence-electron chi connectivity index (χ4n) is 3.19. The van der Waals surface area contributed by atoms with E-state index in [1.54, 1.807) is 18.7 Å². The van der Waals surface area contributed by atoms with Crippen molar-refractivity contribution in [2.45, 2.75) is 19.4 Å². The third-order valence-corrected chi connectivity index (χ3v) is 4.48. The van der Waals surface area contributed by atoms with Gasteiger partial charge in [-0.1, -0.05) is 0 Å². The highest BCUT2D eigenvalue weighted by Gasteiger charge is 2.20. The first kappa shape index (κ1) is 16.5. The van der Waals surface area contributed by atoms with Crippen molar-refractivity contribution in [2.75, 3.05) is 25.0 Å². The SMILES string of the molecule is CN(Cc1ccncn1)c1nc(-c2cccnc2)nc2c1CCNCC2. The van der Waals surface area contributed by atoms with Gasteiger partial charge in [0.05, 0.1) is 17.9 Å². The van der Waals surface area contributed by atoms with Gasteiger partial charge < -0.3 is 10.2 Å². The summed E-state index contributed by atoms with van der Waals surface area (Å²) in [4.78, 5) is 24.4. The topological polar surface area (TPSA) is 79.7 Å². The first-order valence-electron chi connectivity index (χ1n) is 8.78. The van der Waals surface area contributed by atoms with E-state index in [-0.39, 0.29) is 0 Å². The average Bonchev–Trinajstić information content (AvgIpc) is 2.94. The highest BCUT2D eigenvalue weighted by atomic mass is 15.2. The Morgan fingerprint density at radius 3 is 2.81 bits per heavy atom. The summed E-state index contributed by atoms with van der Waals surface area (Å²) in [6.07, 6.45) is 8.74. The molecule has 0 radical (unpaired) electrons. The van der Waals surface area contributed by atoms with E-state index in [1.165, 1.54) is 5.56 Å². The van der Waals surface area contributed by atoms with Gasteiger partial charge in [-0.05, 0) is 31.2 Å². The van der Waals surface area contributed by atoms with E-state index in [4.69, 9.17) is 9.97 Å². The van der Waals surface area contributed by atoms with E-state index < -0.39 is 0 Å². The Labute approximate surface area is 152 Å². The molecule has 1 aliphatic heterocycles. The van der Waals surface area contributed by atoms with Gasteiger partial charge in [-0.25, -0.2) is 19.9 Å². The van der Waals surface area contributed by atoms with Crippen LogP contribution in [0.3, 0.4) is 0 Å². The van der Waals surface area contributed by atoms with E-state index in [9.17, 15) is 0 Å². The summed E-state index contributed by atoms with van der Waals surface area (Å²) in [5, 5.41) is 3.45. The Morgan fingerprint density at radius 1 is 1.08 bits per heavy atom. The van der Waals surface area contributed by atoms with Crippen LogP contribution in [0.15, 0.2) is 43.1 Å². The zero-order valence-corrected chi connectivity index (χ0v) is 14.8. The number of hydrogen-bond donors (Lipinski definition) is 1. The molecule has 0 aliphatic carbocycles. The minimum absolute atomic E-state index is 0.673. The van der Waals surface area contributed by atoms with Crippen molar-refractivity contribution >= 4 is 5.82 Å². The van der Waals surface area contributed by atoms with Gasteiger partial charge in [0.1, 0.15) is 12.1 Å². The first-order chi connectivity index (χ1) is 12.8. The van der Waals surface area contributed by atoms with Crippen LogP contribution in [0.2, 0.25) is 0 Å². The summed E-state index contributed by atoms with van der Waals surface area (Å²) < 4.78 is 0. The lowest BCUT2D eigenvalue weighted by molar-refractivity contribution is 0.708. The molecule has 26 heavy (non-hydrogen) atoms. The normalized spacial score (nSPS) is 13.7. The van der Waals surface area contributed by atoms with Crippen LogP contribution < -0.4 is 10.2 Å². The minimum atomic E-state index is 0.673. The van der Waals surface area contributed by atoms with Crippen LogP contribution in [0.5, 0.6) is 0 Å². The highest BCUT2D eigenvalue weighted by molar-refractivity contribution is 5.60. The van der Waals surface area contributed by atoms with E-state index in [0.29, 0.717) is 6.54 Å². The van der Waals surface area contributed by atoms with Crippen molar-refractivity contribution in [3.63, 3.8) is 0 Å². The standard InChI is InChI=1S/C19H21N7/c1-26(12-15-4-8-22-13-23-15)19-16-5-9-20-10-6-17(16)24-18(25-19)14-3-2-7-21-11-14/h2-4,7-8,11,13,20H,5-6,9-10,12H2,1H3. The summed E-state index contributed by atoms with van der Waals surface area (Å²) in [7, 11) is 2.05. The van der Waals surface area contributed by atoms with Crippen LogP contribution in [0, 0.1) is 0 Å². The van der Waals surface area contributed by atoms with Crippen LogP contribution in [0.1, 0.15) is 17.0 Å². The average molecular weight is 347 g/mol. The van der Waals surface area contributed by atoms with Crippen LogP contribution in [0.4, 0.5) is 5.82 Å². The van der Waals surface area contributed by atoms with Gasteiger partial charge in [-0.15, -0.1) is 0 Å². The molecule has 0 aromatic carbocycles. The molecular weight excluding hydrogens is 326 g/mol. The lowest BCUT2D eigenvalue weighted by Crippen LogP contribution is -2.22. The second-order valence-electron chi connectivity index (χ2n) is 6.34. The molecule has 0 fully saturated rings. The highest BCUT2D eigenvalue weighted by Crippen LogP contribution is 2.27. The molecule has 4 rings (SSSR count). The van der Waals surface area contributed by atoms with Gasteiger partial charge in [0.15, 0.2) is 5.82 Å². The Balaban J connectivity index is 1.76. The van der Waals surface area contributed by atoms with Gasteiger partial charge in [0.25, 0.3) is 0 Å². The maximum atomic E-state index is 4.90. The van der Waals surface area contributed by atoms with Crippen molar-refractivity contribution in [3.8, 4) is 11.4 Å². The summed E-state index contributed by atoms with van der Waals surface area (Å²) in [5.74, 6) is 1.69. The smallest absolute Gasteiger partial charge is 0.163 e. The summed E-state index contributed by atoms with van der Waals surface area (Å²) in [5.41, 5.74) is 4.24. The predicted molar refractivity (Wildman–Crippen MR) is 99.7 cm³/mol. The summed E-state index contributed by atoms with van der Waals surface area (Å²) in [6, 6.07) is 5.84. The minimum Gasteiger partial charge on any atom is -0.353 e. The van der Waals surface area contributed by atoms with Crippen molar-refractivity contribution in [1.82, 2.24) is 30.2 Å². The number of rotatable bonds is 4. The lowest BCUT2D eigenvalue weighted by atomic mass is 10.1. The Kier molecular flexibility index (Phi) is 4.79. The molecule has 132 valence electrons. The number of pyridine rings is 1. The maximum Gasteiger partial charge on any atom is 0.163 e. The molecule has 1 aliphatic rings. The Morgan fingerprint density at radius 2 is 2.00 bits per heavy atom. The van der Waals surface area contributed by atoms with Crippen molar-refractivity contribution in [3.05, 3.63) is 60.1 Å². The first-order valence-corrected chi connectivity index (χ1v) is 8.78.